The van der Waals surface area contributed by atoms with Crippen LogP contribution in [0.15, 0.2) is 42.6 Å². The number of fused-ring (bicyclic) bond motifs is 1. The number of amides is 1. The normalized spacial score (nSPS) is 10.9. The summed E-state index contributed by atoms with van der Waals surface area (Å²) >= 11 is 5.70. The molecule has 6 heteroatoms. The minimum atomic E-state index is -0.508. The number of benzene rings is 1. The maximum Gasteiger partial charge on any atom is 0.224 e. The number of pyridine rings is 1. The van der Waals surface area contributed by atoms with Gasteiger partial charge in [-0.3, -0.25) is 4.79 Å². The van der Waals surface area contributed by atoms with Crippen molar-refractivity contribution in [3.05, 3.63) is 64.8 Å². The Balaban J connectivity index is 1.68. The number of hydrogen-bond donors (Lipinski definition) is 1. The highest BCUT2D eigenvalue weighted by Gasteiger charge is 2.11. The molecule has 23 heavy (non-hydrogen) atoms. The number of nitrogens with one attached hydrogen (secondary N) is 1. The van der Waals surface area contributed by atoms with E-state index in [-0.39, 0.29) is 10.9 Å². The zero-order valence-corrected chi connectivity index (χ0v) is 13.3. The summed E-state index contributed by atoms with van der Waals surface area (Å²) in [4.78, 5) is 16.5. The third-order valence-corrected chi connectivity index (χ3v) is 3.91. The summed E-state index contributed by atoms with van der Waals surface area (Å²) in [6.07, 6.45) is 2.80. The molecule has 0 aliphatic heterocycles. The van der Waals surface area contributed by atoms with Crippen LogP contribution in [0.25, 0.3) is 5.65 Å². The van der Waals surface area contributed by atoms with Gasteiger partial charge in [-0.05, 0) is 43.7 Å². The van der Waals surface area contributed by atoms with Crippen molar-refractivity contribution >= 4 is 28.8 Å². The number of nitrogens with zero attached hydrogens (tertiary/aromatic N) is 2. The van der Waals surface area contributed by atoms with Gasteiger partial charge < -0.3 is 9.72 Å². The molecule has 0 atom stereocenters. The monoisotopic (exact) mass is 331 g/mol. The molecule has 118 valence electrons. The van der Waals surface area contributed by atoms with Crippen molar-refractivity contribution in [3.8, 4) is 0 Å². The Bertz CT molecular complexity index is 875. The van der Waals surface area contributed by atoms with Crippen molar-refractivity contribution in [2.24, 2.45) is 0 Å². The number of carbonyl (C=O) groups is 1. The SMILES string of the molecule is Cc1nc2ccccn2c1CCC(=O)Nc1ccc(F)c(Cl)c1. The standard InChI is InChI=1S/C17H15ClFN3O/c1-11-15(22-9-3-2-4-16(22)20-11)7-8-17(23)21-12-5-6-14(19)13(18)10-12/h2-6,9-10H,7-8H2,1H3,(H,21,23). The van der Waals surface area contributed by atoms with Gasteiger partial charge in [0.25, 0.3) is 0 Å². The van der Waals surface area contributed by atoms with E-state index < -0.39 is 5.82 Å². The van der Waals surface area contributed by atoms with Gasteiger partial charge >= 0.3 is 0 Å². The zero-order valence-electron chi connectivity index (χ0n) is 12.5. The smallest absolute Gasteiger partial charge is 0.224 e. The predicted octanol–water partition coefficient (Wildman–Crippen LogP) is 4.01. The molecule has 2 heterocycles. The average Bonchev–Trinajstić information content (AvgIpc) is 2.84. The van der Waals surface area contributed by atoms with Crippen LogP contribution in [0.1, 0.15) is 17.8 Å². The first kappa shape index (κ1) is 15.5. The van der Waals surface area contributed by atoms with E-state index in [4.69, 9.17) is 11.6 Å². The van der Waals surface area contributed by atoms with Gasteiger partial charge in [-0.25, -0.2) is 9.37 Å². The molecule has 0 saturated carbocycles. The first-order valence-electron chi connectivity index (χ1n) is 7.22. The Hall–Kier alpha value is -2.40. The average molecular weight is 332 g/mol. The molecule has 0 radical (unpaired) electrons. The number of anilines is 1. The highest BCUT2D eigenvalue weighted by Crippen LogP contribution is 2.20. The topological polar surface area (TPSA) is 46.4 Å². The van der Waals surface area contributed by atoms with Crippen LogP contribution in [-0.4, -0.2) is 15.3 Å². The third-order valence-electron chi connectivity index (χ3n) is 3.62. The van der Waals surface area contributed by atoms with E-state index in [0.717, 1.165) is 17.0 Å². The molecule has 0 fully saturated rings. The summed E-state index contributed by atoms with van der Waals surface area (Å²) in [5.74, 6) is -0.663. The van der Waals surface area contributed by atoms with E-state index in [1.54, 1.807) is 0 Å². The molecule has 0 unspecified atom stereocenters. The maximum absolute atomic E-state index is 13.1. The molecule has 0 bridgehead atoms. The Labute approximate surface area is 137 Å². The lowest BCUT2D eigenvalue weighted by Gasteiger charge is -2.07. The fraction of sp³-hybridized carbons (Fsp3) is 0.176. The molecule has 0 spiro atoms. The molecule has 1 aromatic carbocycles. The van der Waals surface area contributed by atoms with Crippen LogP contribution < -0.4 is 5.32 Å². The minimum absolute atomic E-state index is 0.0135. The van der Waals surface area contributed by atoms with Crippen molar-refractivity contribution in [3.63, 3.8) is 0 Å². The highest BCUT2D eigenvalue weighted by atomic mass is 35.5. The van der Waals surface area contributed by atoms with Gasteiger partial charge in [0.2, 0.25) is 5.91 Å². The number of rotatable bonds is 4. The van der Waals surface area contributed by atoms with Crippen LogP contribution in [-0.2, 0) is 11.2 Å². The lowest BCUT2D eigenvalue weighted by atomic mass is 10.2. The van der Waals surface area contributed by atoms with Crippen LogP contribution in [0, 0.1) is 12.7 Å². The van der Waals surface area contributed by atoms with Gasteiger partial charge in [0.1, 0.15) is 11.5 Å². The van der Waals surface area contributed by atoms with Gasteiger partial charge in [0.05, 0.1) is 10.7 Å². The van der Waals surface area contributed by atoms with Crippen LogP contribution in [0.3, 0.4) is 0 Å². The first-order valence-corrected chi connectivity index (χ1v) is 7.60. The Morgan fingerprint density at radius 3 is 2.96 bits per heavy atom. The Morgan fingerprint density at radius 2 is 2.17 bits per heavy atom. The summed E-state index contributed by atoms with van der Waals surface area (Å²) in [7, 11) is 0. The number of carbonyl (C=O) groups excluding carboxylic acids is 1. The van der Waals surface area contributed by atoms with E-state index in [0.29, 0.717) is 18.5 Å². The molecule has 3 aromatic rings. The van der Waals surface area contributed by atoms with Crippen LogP contribution >= 0.6 is 11.6 Å². The van der Waals surface area contributed by atoms with E-state index in [1.807, 2.05) is 35.7 Å². The molecule has 1 N–H and O–H groups in total. The number of imidazole rings is 1. The second kappa shape index (κ2) is 6.38. The maximum atomic E-state index is 13.1. The Kier molecular flexibility index (Phi) is 4.30. The molecule has 1 amide bonds. The molecule has 0 aliphatic rings. The highest BCUT2D eigenvalue weighted by molar-refractivity contribution is 6.31. The quantitative estimate of drug-likeness (QED) is 0.785. The lowest BCUT2D eigenvalue weighted by molar-refractivity contribution is -0.116. The molecule has 2 aromatic heterocycles. The van der Waals surface area contributed by atoms with Crippen LogP contribution in [0.4, 0.5) is 10.1 Å². The lowest BCUT2D eigenvalue weighted by Crippen LogP contribution is -2.13. The van der Waals surface area contributed by atoms with Gasteiger partial charge in [0.15, 0.2) is 0 Å². The van der Waals surface area contributed by atoms with Crippen molar-refractivity contribution in [2.75, 3.05) is 5.32 Å². The van der Waals surface area contributed by atoms with Crippen molar-refractivity contribution < 1.29 is 9.18 Å². The summed E-state index contributed by atoms with van der Waals surface area (Å²) in [6.45, 7) is 1.93. The molecule has 3 rings (SSSR count). The second-order valence-electron chi connectivity index (χ2n) is 5.25. The molecular formula is C17H15ClFN3O. The number of aromatic nitrogens is 2. The second-order valence-corrected chi connectivity index (χ2v) is 5.66. The summed E-state index contributed by atoms with van der Waals surface area (Å²) in [5, 5.41) is 2.71. The predicted molar refractivity (Wildman–Crippen MR) is 88.3 cm³/mol. The summed E-state index contributed by atoms with van der Waals surface area (Å²) in [5.41, 5.74) is 3.27. The van der Waals surface area contributed by atoms with Crippen molar-refractivity contribution in [1.29, 1.82) is 0 Å². The molecule has 4 nitrogen and oxygen atoms in total. The van der Waals surface area contributed by atoms with Crippen molar-refractivity contribution in [1.82, 2.24) is 9.38 Å². The number of hydrogen-bond acceptors (Lipinski definition) is 2. The van der Waals surface area contributed by atoms with Gasteiger partial charge in [-0.1, -0.05) is 17.7 Å². The number of aryl methyl sites for hydroxylation is 2. The van der Waals surface area contributed by atoms with Gasteiger partial charge in [-0.15, -0.1) is 0 Å². The van der Waals surface area contributed by atoms with E-state index in [9.17, 15) is 9.18 Å². The number of halogens is 2. The summed E-state index contributed by atoms with van der Waals surface area (Å²) in [6, 6.07) is 9.89. The van der Waals surface area contributed by atoms with Gasteiger partial charge in [0, 0.05) is 24.0 Å². The van der Waals surface area contributed by atoms with Gasteiger partial charge in [-0.2, -0.15) is 0 Å². The van der Waals surface area contributed by atoms with E-state index in [2.05, 4.69) is 10.3 Å². The van der Waals surface area contributed by atoms with Crippen LogP contribution in [0.5, 0.6) is 0 Å². The molecular weight excluding hydrogens is 317 g/mol. The van der Waals surface area contributed by atoms with E-state index in [1.165, 1.54) is 18.2 Å². The van der Waals surface area contributed by atoms with Crippen LogP contribution in [0.2, 0.25) is 5.02 Å². The molecule has 0 aliphatic carbocycles. The Morgan fingerprint density at radius 1 is 1.35 bits per heavy atom. The minimum Gasteiger partial charge on any atom is -0.326 e. The summed E-state index contributed by atoms with van der Waals surface area (Å²) < 4.78 is 15.1. The molecule has 0 saturated heterocycles. The zero-order chi connectivity index (χ0) is 16.4. The largest absolute Gasteiger partial charge is 0.326 e. The van der Waals surface area contributed by atoms with E-state index >= 15 is 0 Å². The van der Waals surface area contributed by atoms with Crippen molar-refractivity contribution in [2.45, 2.75) is 19.8 Å². The fourth-order valence-electron chi connectivity index (χ4n) is 2.49. The third kappa shape index (κ3) is 3.35. The fourth-order valence-corrected chi connectivity index (χ4v) is 2.68. The first-order chi connectivity index (χ1) is 11.0.